The van der Waals surface area contributed by atoms with E-state index in [4.69, 9.17) is 4.74 Å². The summed E-state index contributed by atoms with van der Waals surface area (Å²) >= 11 is 0. The molecule has 1 heterocycles. The summed E-state index contributed by atoms with van der Waals surface area (Å²) in [6.07, 6.45) is 6.13. The topological polar surface area (TPSA) is 87.7 Å². The van der Waals surface area contributed by atoms with Crippen LogP contribution in [0.15, 0.2) is 30.9 Å². The van der Waals surface area contributed by atoms with Crippen molar-refractivity contribution in [2.24, 2.45) is 5.92 Å². The predicted octanol–water partition coefficient (Wildman–Crippen LogP) is 2.82. The summed E-state index contributed by atoms with van der Waals surface area (Å²) in [7, 11) is -1.28. The first kappa shape index (κ1) is 22.4. The molecule has 0 spiro atoms. The van der Waals surface area contributed by atoms with Crippen LogP contribution in [0.2, 0.25) is 0 Å². The van der Waals surface area contributed by atoms with Crippen molar-refractivity contribution in [2.75, 3.05) is 25.4 Å². The summed E-state index contributed by atoms with van der Waals surface area (Å²) in [5, 5.41) is 2.24. The van der Waals surface area contributed by atoms with E-state index in [0.717, 1.165) is 31.2 Å². The molecule has 1 aromatic carbocycles. The van der Waals surface area contributed by atoms with Gasteiger partial charge in [-0.25, -0.2) is 18.1 Å². The molecule has 164 valence electrons. The smallest absolute Gasteiger partial charge is 0.324 e. The zero-order valence-corrected chi connectivity index (χ0v) is 17.7. The Morgan fingerprint density at radius 1 is 1.33 bits per heavy atom. The molecule has 2 fully saturated rings. The number of nitrogens with one attached hydrogen (secondary N) is 2. The van der Waals surface area contributed by atoms with Crippen LogP contribution in [0.4, 0.5) is 9.18 Å². The molecular formula is C21H28FN3O4S. The number of imide groups is 1. The van der Waals surface area contributed by atoms with Gasteiger partial charge in [0.05, 0.1) is 23.6 Å². The van der Waals surface area contributed by atoms with Gasteiger partial charge in [-0.2, -0.15) is 0 Å². The lowest BCUT2D eigenvalue weighted by molar-refractivity contribution is -0.118. The molecule has 1 saturated carbocycles. The zero-order valence-electron chi connectivity index (χ0n) is 16.9. The van der Waals surface area contributed by atoms with Gasteiger partial charge < -0.3 is 9.64 Å². The number of unbranched alkanes of at least 4 members (excludes halogenated alkanes) is 2. The standard InChI is InChI=1S/C21H28FN3O4S/c1-2-18(16-8-9-17(22)19(12-16)29-14-15-6-7-15)24-30(28)11-5-3-4-10-25-13-20(26)23-21(25)27/h2,8-9,12,15,18,24H,1,3-7,10-11,13-14H2,(H,23,26,27). The fraction of sp³-hybridized carbons (Fsp3) is 0.524. The van der Waals surface area contributed by atoms with Crippen LogP contribution < -0.4 is 14.8 Å². The van der Waals surface area contributed by atoms with Gasteiger partial charge in [0.2, 0.25) is 5.91 Å². The molecule has 1 aromatic rings. The molecule has 0 radical (unpaired) electrons. The first-order chi connectivity index (χ1) is 14.5. The predicted molar refractivity (Wildman–Crippen MR) is 113 cm³/mol. The van der Waals surface area contributed by atoms with Gasteiger partial charge in [0, 0.05) is 12.3 Å². The van der Waals surface area contributed by atoms with Crippen molar-refractivity contribution < 1.29 is 22.9 Å². The molecule has 0 aromatic heterocycles. The van der Waals surface area contributed by atoms with E-state index in [1.54, 1.807) is 18.2 Å². The average Bonchev–Trinajstić information content (AvgIpc) is 3.49. The second-order valence-electron chi connectivity index (χ2n) is 7.66. The van der Waals surface area contributed by atoms with Gasteiger partial charge >= 0.3 is 6.03 Å². The fourth-order valence-corrected chi connectivity index (χ4v) is 4.24. The number of nitrogens with zero attached hydrogens (tertiary/aromatic N) is 1. The highest BCUT2D eigenvalue weighted by Crippen LogP contribution is 2.31. The summed E-state index contributed by atoms with van der Waals surface area (Å²) in [4.78, 5) is 24.1. The van der Waals surface area contributed by atoms with Gasteiger partial charge in [0.25, 0.3) is 0 Å². The number of urea groups is 1. The summed E-state index contributed by atoms with van der Waals surface area (Å²) in [5.41, 5.74) is 0.746. The molecule has 7 nitrogen and oxygen atoms in total. The SMILES string of the molecule is C=CC(NS(=O)CCCCCN1CC(=O)NC1=O)c1ccc(F)c(OCC2CC2)c1. The lowest BCUT2D eigenvalue weighted by Crippen LogP contribution is -2.29. The highest BCUT2D eigenvalue weighted by atomic mass is 32.2. The Balaban J connectivity index is 1.40. The summed E-state index contributed by atoms with van der Waals surface area (Å²) in [6, 6.07) is 3.90. The third-order valence-corrected chi connectivity index (χ3v) is 6.28. The Hall–Kier alpha value is -2.26. The third kappa shape index (κ3) is 6.63. The van der Waals surface area contributed by atoms with E-state index in [0.29, 0.717) is 31.2 Å². The number of hydrogen-bond acceptors (Lipinski definition) is 4. The number of carbonyl (C=O) groups is 2. The molecule has 3 rings (SSSR count). The molecule has 2 unspecified atom stereocenters. The highest BCUT2D eigenvalue weighted by Gasteiger charge is 2.25. The van der Waals surface area contributed by atoms with E-state index < -0.39 is 16.8 Å². The van der Waals surface area contributed by atoms with Gasteiger partial charge in [0.15, 0.2) is 11.6 Å². The van der Waals surface area contributed by atoms with Gasteiger partial charge in [-0.1, -0.05) is 18.6 Å². The molecule has 1 aliphatic heterocycles. The molecule has 1 aliphatic carbocycles. The van der Waals surface area contributed by atoms with Crippen LogP contribution in [-0.4, -0.2) is 46.5 Å². The normalized spacial score (nSPS) is 18.2. The quantitative estimate of drug-likeness (QED) is 0.282. The minimum absolute atomic E-state index is 0.108. The average molecular weight is 438 g/mol. The molecule has 30 heavy (non-hydrogen) atoms. The number of carbonyl (C=O) groups excluding carboxylic acids is 2. The van der Waals surface area contributed by atoms with Crippen LogP contribution in [0.3, 0.4) is 0 Å². The van der Waals surface area contributed by atoms with Crippen LogP contribution >= 0.6 is 0 Å². The fourth-order valence-electron chi connectivity index (χ4n) is 3.15. The van der Waals surface area contributed by atoms with Crippen LogP contribution in [0.25, 0.3) is 0 Å². The van der Waals surface area contributed by atoms with Crippen molar-refractivity contribution in [1.29, 1.82) is 0 Å². The van der Waals surface area contributed by atoms with E-state index in [9.17, 15) is 18.2 Å². The summed E-state index contributed by atoms with van der Waals surface area (Å²) in [5.74, 6) is 0.499. The third-order valence-electron chi connectivity index (χ3n) is 5.11. The lowest BCUT2D eigenvalue weighted by Gasteiger charge is -2.16. The maximum atomic E-state index is 14.0. The maximum Gasteiger partial charge on any atom is 0.324 e. The Morgan fingerprint density at radius 3 is 2.80 bits per heavy atom. The van der Waals surface area contributed by atoms with Crippen molar-refractivity contribution in [2.45, 2.75) is 38.1 Å². The number of ether oxygens (including phenoxy) is 1. The van der Waals surface area contributed by atoms with Crippen molar-refractivity contribution in [1.82, 2.24) is 14.9 Å². The van der Waals surface area contributed by atoms with E-state index in [1.165, 1.54) is 11.0 Å². The molecule has 9 heteroatoms. The van der Waals surface area contributed by atoms with Crippen LogP contribution in [0, 0.1) is 11.7 Å². The van der Waals surface area contributed by atoms with Crippen molar-refractivity contribution in [3.8, 4) is 5.75 Å². The van der Waals surface area contributed by atoms with Crippen LogP contribution in [0.1, 0.15) is 43.7 Å². The van der Waals surface area contributed by atoms with E-state index in [1.807, 2.05) is 0 Å². The van der Waals surface area contributed by atoms with Gasteiger partial charge in [0.1, 0.15) is 6.54 Å². The van der Waals surface area contributed by atoms with E-state index >= 15 is 0 Å². The van der Waals surface area contributed by atoms with Crippen molar-refractivity contribution >= 4 is 22.9 Å². The Bertz CT molecular complexity index is 815. The largest absolute Gasteiger partial charge is 0.490 e. The lowest BCUT2D eigenvalue weighted by atomic mass is 10.1. The van der Waals surface area contributed by atoms with Gasteiger partial charge in [-0.3, -0.25) is 10.1 Å². The first-order valence-electron chi connectivity index (χ1n) is 10.2. The van der Waals surface area contributed by atoms with E-state index in [-0.39, 0.29) is 30.3 Å². The summed E-state index contributed by atoms with van der Waals surface area (Å²) in [6.45, 7) is 4.93. The number of halogens is 1. The Labute approximate surface area is 178 Å². The molecule has 0 bridgehead atoms. The molecule has 2 N–H and O–H groups in total. The first-order valence-corrected chi connectivity index (χ1v) is 11.6. The molecular weight excluding hydrogens is 409 g/mol. The Kier molecular flexibility index (Phi) is 7.98. The Morgan fingerprint density at radius 2 is 2.13 bits per heavy atom. The maximum absolute atomic E-state index is 14.0. The van der Waals surface area contributed by atoms with Gasteiger partial charge in [-0.15, -0.1) is 6.58 Å². The van der Waals surface area contributed by atoms with E-state index in [2.05, 4.69) is 16.6 Å². The van der Waals surface area contributed by atoms with Crippen molar-refractivity contribution in [3.05, 3.63) is 42.2 Å². The van der Waals surface area contributed by atoms with Crippen LogP contribution in [0.5, 0.6) is 5.75 Å². The number of benzene rings is 1. The molecule has 3 amide bonds. The second-order valence-corrected chi connectivity index (χ2v) is 9.00. The van der Waals surface area contributed by atoms with Gasteiger partial charge in [-0.05, 0) is 49.3 Å². The number of hydrogen-bond donors (Lipinski definition) is 2. The molecule has 2 atom stereocenters. The number of rotatable bonds is 13. The minimum Gasteiger partial charge on any atom is -0.490 e. The zero-order chi connectivity index (χ0) is 21.5. The second kappa shape index (κ2) is 10.7. The molecule has 2 aliphatic rings. The number of amides is 3. The monoisotopic (exact) mass is 437 g/mol. The molecule has 1 saturated heterocycles. The van der Waals surface area contributed by atoms with Crippen LogP contribution in [-0.2, 0) is 15.8 Å². The minimum atomic E-state index is -1.28. The highest BCUT2D eigenvalue weighted by molar-refractivity contribution is 7.83. The summed E-state index contributed by atoms with van der Waals surface area (Å²) < 4.78 is 35.0. The van der Waals surface area contributed by atoms with Crippen molar-refractivity contribution in [3.63, 3.8) is 0 Å².